The van der Waals surface area contributed by atoms with Crippen molar-refractivity contribution in [1.29, 1.82) is 0 Å². The van der Waals surface area contributed by atoms with E-state index >= 15 is 0 Å². The van der Waals surface area contributed by atoms with Crippen molar-refractivity contribution >= 4 is 18.3 Å². The number of hydrogen-bond donors (Lipinski definition) is 2. The molecule has 3 rings (SSSR count). The first-order valence-electron chi connectivity index (χ1n) is 7.75. The zero-order chi connectivity index (χ0) is 14.0. The van der Waals surface area contributed by atoms with E-state index in [1.54, 1.807) is 0 Å². The molecule has 4 heteroatoms. The molecule has 116 valence electrons. The molecule has 0 radical (unpaired) electrons. The van der Waals surface area contributed by atoms with E-state index in [-0.39, 0.29) is 23.7 Å². The van der Waals surface area contributed by atoms with Gasteiger partial charge in [-0.25, -0.2) is 0 Å². The third-order valence-corrected chi connectivity index (χ3v) is 4.82. The first-order valence-corrected chi connectivity index (χ1v) is 7.75. The van der Waals surface area contributed by atoms with Gasteiger partial charge in [0.2, 0.25) is 5.91 Å². The number of halogens is 1. The highest BCUT2D eigenvalue weighted by molar-refractivity contribution is 5.86. The number of amides is 1. The lowest BCUT2D eigenvalue weighted by Crippen LogP contribution is -2.50. The van der Waals surface area contributed by atoms with Gasteiger partial charge < -0.3 is 10.6 Å². The molecule has 1 aromatic carbocycles. The molecular formula is C17H25ClN2O. The van der Waals surface area contributed by atoms with E-state index in [0.717, 1.165) is 38.8 Å². The zero-order valence-electron chi connectivity index (χ0n) is 12.6. The van der Waals surface area contributed by atoms with Gasteiger partial charge in [0.15, 0.2) is 0 Å². The van der Waals surface area contributed by atoms with Crippen molar-refractivity contribution < 1.29 is 4.79 Å². The van der Waals surface area contributed by atoms with E-state index < -0.39 is 0 Å². The van der Waals surface area contributed by atoms with Gasteiger partial charge in [-0.05, 0) is 50.3 Å². The number of nitrogens with one attached hydrogen (secondary N) is 2. The summed E-state index contributed by atoms with van der Waals surface area (Å²) >= 11 is 0. The van der Waals surface area contributed by atoms with E-state index in [2.05, 4.69) is 41.8 Å². The highest BCUT2D eigenvalue weighted by atomic mass is 35.5. The number of carbonyl (C=O) groups is 1. The highest BCUT2D eigenvalue weighted by Gasteiger charge is 2.50. The monoisotopic (exact) mass is 308 g/mol. The summed E-state index contributed by atoms with van der Waals surface area (Å²) in [7, 11) is 0. The van der Waals surface area contributed by atoms with Crippen LogP contribution in [0, 0.1) is 11.3 Å². The summed E-state index contributed by atoms with van der Waals surface area (Å²) in [6, 6.07) is 10.7. The molecule has 1 amide bonds. The largest absolute Gasteiger partial charge is 0.353 e. The van der Waals surface area contributed by atoms with E-state index in [1.807, 2.05) is 6.07 Å². The summed E-state index contributed by atoms with van der Waals surface area (Å²) in [5, 5.41) is 6.69. The second-order valence-corrected chi connectivity index (χ2v) is 6.49. The molecule has 2 aliphatic rings. The van der Waals surface area contributed by atoms with Crippen molar-refractivity contribution in [2.75, 3.05) is 13.1 Å². The molecule has 1 aliphatic carbocycles. The summed E-state index contributed by atoms with van der Waals surface area (Å²) < 4.78 is 0. The Labute approximate surface area is 133 Å². The Kier molecular flexibility index (Phi) is 5.28. The lowest BCUT2D eigenvalue weighted by molar-refractivity contribution is -0.127. The molecule has 0 aromatic heterocycles. The van der Waals surface area contributed by atoms with E-state index in [9.17, 15) is 4.79 Å². The summed E-state index contributed by atoms with van der Waals surface area (Å²) in [6.45, 7) is 4.24. The molecule has 21 heavy (non-hydrogen) atoms. The average Bonchev–Trinajstić information content (AvgIpc) is 3.23. The van der Waals surface area contributed by atoms with Crippen LogP contribution in [0.5, 0.6) is 0 Å². The second-order valence-electron chi connectivity index (χ2n) is 6.49. The maximum Gasteiger partial charge on any atom is 0.226 e. The Bertz CT molecular complexity index is 473. The van der Waals surface area contributed by atoms with E-state index in [1.165, 1.54) is 5.56 Å². The van der Waals surface area contributed by atoms with Crippen LogP contribution in [0.2, 0.25) is 0 Å². The molecular weight excluding hydrogens is 284 g/mol. The fourth-order valence-corrected chi connectivity index (χ4v) is 3.17. The van der Waals surface area contributed by atoms with Crippen molar-refractivity contribution in [2.24, 2.45) is 11.3 Å². The third-order valence-electron chi connectivity index (χ3n) is 4.82. The number of benzene rings is 1. The predicted octanol–water partition coefficient (Wildman–Crippen LogP) is 2.55. The van der Waals surface area contributed by atoms with Gasteiger partial charge in [-0.1, -0.05) is 37.3 Å². The van der Waals surface area contributed by atoms with Crippen LogP contribution in [0.4, 0.5) is 0 Å². The second kappa shape index (κ2) is 6.80. The number of hydrogen-bond acceptors (Lipinski definition) is 2. The Balaban J connectivity index is 0.00000161. The van der Waals surface area contributed by atoms with Gasteiger partial charge in [0.1, 0.15) is 0 Å². The van der Waals surface area contributed by atoms with Crippen LogP contribution in [-0.2, 0) is 11.2 Å². The Morgan fingerprint density at radius 1 is 1.33 bits per heavy atom. The van der Waals surface area contributed by atoms with E-state index in [4.69, 9.17) is 0 Å². The lowest BCUT2D eigenvalue weighted by Gasteiger charge is -2.31. The molecule has 1 saturated carbocycles. The molecule has 3 nitrogen and oxygen atoms in total. The van der Waals surface area contributed by atoms with Crippen LogP contribution in [-0.4, -0.2) is 25.0 Å². The van der Waals surface area contributed by atoms with Crippen LogP contribution in [0.15, 0.2) is 30.3 Å². The minimum atomic E-state index is -0.119. The number of carbonyl (C=O) groups excluding carboxylic acids is 1. The Morgan fingerprint density at radius 3 is 2.67 bits per heavy atom. The topological polar surface area (TPSA) is 41.1 Å². The zero-order valence-corrected chi connectivity index (χ0v) is 13.4. The number of rotatable bonds is 4. The standard InChI is InChI=1S/C17H24N2O.ClH/c1-13-12-18-10-7-15(13)19-16(20)17(8-9-17)11-14-5-3-2-4-6-14;/h2-6,13,15,18H,7-12H2,1H3,(H,19,20);1H. The van der Waals surface area contributed by atoms with Crippen molar-refractivity contribution in [3.63, 3.8) is 0 Å². The van der Waals surface area contributed by atoms with Gasteiger partial charge >= 0.3 is 0 Å². The van der Waals surface area contributed by atoms with Gasteiger partial charge in [-0.15, -0.1) is 12.4 Å². The smallest absolute Gasteiger partial charge is 0.226 e. The molecule has 1 saturated heterocycles. The van der Waals surface area contributed by atoms with Gasteiger partial charge in [-0.3, -0.25) is 4.79 Å². The molecule has 1 heterocycles. The normalized spacial score (nSPS) is 26.5. The lowest BCUT2D eigenvalue weighted by atomic mass is 9.91. The first-order chi connectivity index (χ1) is 9.70. The van der Waals surface area contributed by atoms with Crippen molar-refractivity contribution in [2.45, 2.75) is 38.6 Å². The molecule has 2 atom stereocenters. The quantitative estimate of drug-likeness (QED) is 0.897. The van der Waals surface area contributed by atoms with Crippen molar-refractivity contribution in [3.05, 3.63) is 35.9 Å². The third kappa shape index (κ3) is 3.78. The maximum absolute atomic E-state index is 12.6. The molecule has 0 spiro atoms. The summed E-state index contributed by atoms with van der Waals surface area (Å²) in [6.07, 6.45) is 4.01. The summed E-state index contributed by atoms with van der Waals surface area (Å²) in [5.41, 5.74) is 1.16. The predicted molar refractivity (Wildman–Crippen MR) is 87.6 cm³/mol. The average molecular weight is 309 g/mol. The van der Waals surface area contributed by atoms with Crippen LogP contribution in [0.3, 0.4) is 0 Å². The molecule has 1 aromatic rings. The maximum atomic E-state index is 12.6. The minimum Gasteiger partial charge on any atom is -0.353 e. The molecule has 0 bridgehead atoms. The molecule has 2 unspecified atom stereocenters. The first kappa shape index (κ1) is 16.3. The number of piperidine rings is 1. The fraction of sp³-hybridized carbons (Fsp3) is 0.588. The summed E-state index contributed by atoms with van der Waals surface area (Å²) in [4.78, 5) is 12.6. The highest BCUT2D eigenvalue weighted by Crippen LogP contribution is 2.48. The van der Waals surface area contributed by atoms with Gasteiger partial charge in [-0.2, -0.15) is 0 Å². The Morgan fingerprint density at radius 2 is 2.05 bits per heavy atom. The molecule has 2 N–H and O–H groups in total. The Hall–Kier alpha value is -1.06. The molecule has 2 fully saturated rings. The van der Waals surface area contributed by atoms with Gasteiger partial charge in [0.25, 0.3) is 0 Å². The molecule has 1 aliphatic heterocycles. The fourth-order valence-electron chi connectivity index (χ4n) is 3.17. The van der Waals surface area contributed by atoms with Crippen LogP contribution in [0.25, 0.3) is 0 Å². The van der Waals surface area contributed by atoms with Crippen molar-refractivity contribution in [1.82, 2.24) is 10.6 Å². The van der Waals surface area contributed by atoms with Crippen molar-refractivity contribution in [3.8, 4) is 0 Å². The summed E-state index contributed by atoms with van der Waals surface area (Å²) in [5.74, 6) is 0.806. The van der Waals surface area contributed by atoms with Gasteiger partial charge in [0, 0.05) is 6.04 Å². The SMILES string of the molecule is CC1CNCCC1NC(=O)C1(Cc2ccccc2)CC1.Cl. The van der Waals surface area contributed by atoms with Crippen LogP contribution in [0.1, 0.15) is 31.7 Å². The minimum absolute atomic E-state index is 0. The van der Waals surface area contributed by atoms with Gasteiger partial charge in [0.05, 0.1) is 5.41 Å². The van der Waals surface area contributed by atoms with Crippen LogP contribution < -0.4 is 10.6 Å². The van der Waals surface area contributed by atoms with E-state index in [0.29, 0.717) is 12.0 Å². The van der Waals surface area contributed by atoms with Crippen LogP contribution >= 0.6 is 12.4 Å².